The van der Waals surface area contributed by atoms with E-state index in [0.717, 1.165) is 17.1 Å². The molecule has 0 aliphatic heterocycles. The number of hydrogen-bond donors (Lipinski definition) is 1. The first-order valence-corrected chi connectivity index (χ1v) is 5.67. The number of aromatic nitrogens is 2. The highest BCUT2D eigenvalue weighted by atomic mass is 16.3. The summed E-state index contributed by atoms with van der Waals surface area (Å²) in [4.78, 5) is 0. The maximum Gasteiger partial charge on any atom is 0.167 e. The fourth-order valence-electron chi connectivity index (χ4n) is 1.89. The van der Waals surface area contributed by atoms with Crippen molar-refractivity contribution in [2.45, 2.75) is 26.8 Å². The van der Waals surface area contributed by atoms with Gasteiger partial charge in [0.1, 0.15) is 17.6 Å². The van der Waals surface area contributed by atoms with Crippen LogP contribution in [0.3, 0.4) is 0 Å². The molecular formula is C13H14N4O. The quantitative estimate of drug-likeness (QED) is 0.895. The Labute approximate surface area is 105 Å². The third-order valence-corrected chi connectivity index (χ3v) is 2.74. The summed E-state index contributed by atoms with van der Waals surface area (Å²) in [6.07, 6.45) is 1.50. The van der Waals surface area contributed by atoms with Gasteiger partial charge in [0, 0.05) is 5.56 Å². The van der Waals surface area contributed by atoms with Gasteiger partial charge in [0.2, 0.25) is 0 Å². The van der Waals surface area contributed by atoms with Crippen molar-refractivity contribution in [1.82, 2.24) is 10.2 Å². The fraction of sp³-hybridized carbons (Fsp3) is 0.308. The number of nitrogens with zero attached hydrogens (tertiary/aromatic N) is 3. The van der Waals surface area contributed by atoms with Crippen molar-refractivity contribution < 1.29 is 4.42 Å². The minimum absolute atomic E-state index is 0.00579. The van der Waals surface area contributed by atoms with Crippen LogP contribution in [0.1, 0.15) is 35.6 Å². The van der Waals surface area contributed by atoms with E-state index >= 15 is 0 Å². The van der Waals surface area contributed by atoms with Gasteiger partial charge in [-0.05, 0) is 32.9 Å². The fourth-order valence-corrected chi connectivity index (χ4v) is 1.89. The van der Waals surface area contributed by atoms with Crippen LogP contribution in [0.4, 0.5) is 5.82 Å². The van der Waals surface area contributed by atoms with E-state index in [9.17, 15) is 0 Å². The lowest BCUT2D eigenvalue weighted by atomic mass is 10.1. The van der Waals surface area contributed by atoms with Gasteiger partial charge in [0.15, 0.2) is 5.82 Å². The molecule has 2 aromatic rings. The summed E-state index contributed by atoms with van der Waals surface area (Å²) in [7, 11) is 0. The SMILES string of the molecule is Cc1cc(C(C)Nc2nnccc2C#N)c(C)o1. The molecule has 1 atom stereocenters. The van der Waals surface area contributed by atoms with Crippen LogP contribution >= 0.6 is 0 Å². The molecule has 2 rings (SSSR count). The Balaban J connectivity index is 2.24. The second-order valence-corrected chi connectivity index (χ2v) is 4.14. The van der Waals surface area contributed by atoms with Crippen molar-refractivity contribution in [1.29, 1.82) is 5.26 Å². The predicted molar refractivity (Wildman–Crippen MR) is 67.0 cm³/mol. The number of nitrogens with one attached hydrogen (secondary N) is 1. The lowest BCUT2D eigenvalue weighted by molar-refractivity contribution is 0.499. The molecule has 1 unspecified atom stereocenters. The normalized spacial score (nSPS) is 11.9. The third kappa shape index (κ3) is 2.33. The molecule has 0 saturated carbocycles. The molecule has 0 fully saturated rings. The van der Waals surface area contributed by atoms with Crippen LogP contribution in [0, 0.1) is 25.2 Å². The van der Waals surface area contributed by atoms with Gasteiger partial charge in [0.25, 0.3) is 0 Å². The van der Waals surface area contributed by atoms with E-state index in [1.54, 1.807) is 6.07 Å². The number of anilines is 1. The molecule has 0 aromatic carbocycles. The van der Waals surface area contributed by atoms with E-state index in [4.69, 9.17) is 9.68 Å². The molecule has 92 valence electrons. The van der Waals surface area contributed by atoms with Gasteiger partial charge in [-0.15, -0.1) is 5.10 Å². The second-order valence-electron chi connectivity index (χ2n) is 4.14. The molecule has 0 amide bonds. The van der Waals surface area contributed by atoms with Gasteiger partial charge in [-0.2, -0.15) is 10.4 Å². The highest BCUT2D eigenvalue weighted by Crippen LogP contribution is 2.24. The Kier molecular flexibility index (Phi) is 3.28. The Bertz CT molecular complexity index is 597. The van der Waals surface area contributed by atoms with Crippen molar-refractivity contribution in [3.05, 3.63) is 41.0 Å². The molecule has 0 saturated heterocycles. The van der Waals surface area contributed by atoms with Crippen LogP contribution in [0.5, 0.6) is 0 Å². The number of furan rings is 1. The van der Waals surface area contributed by atoms with Crippen molar-refractivity contribution in [2.24, 2.45) is 0 Å². The molecule has 0 bridgehead atoms. The lowest BCUT2D eigenvalue weighted by Gasteiger charge is -2.13. The highest BCUT2D eigenvalue weighted by molar-refractivity contribution is 5.51. The van der Waals surface area contributed by atoms with Gasteiger partial charge in [0.05, 0.1) is 17.8 Å². The maximum atomic E-state index is 8.98. The molecule has 0 spiro atoms. The van der Waals surface area contributed by atoms with E-state index in [0.29, 0.717) is 11.4 Å². The first-order chi connectivity index (χ1) is 8.61. The summed E-state index contributed by atoms with van der Waals surface area (Å²) in [5.41, 5.74) is 1.54. The first kappa shape index (κ1) is 12.1. The van der Waals surface area contributed by atoms with E-state index < -0.39 is 0 Å². The van der Waals surface area contributed by atoms with Crippen LogP contribution in [0.2, 0.25) is 0 Å². The molecule has 2 heterocycles. The molecule has 1 N–H and O–H groups in total. The topological polar surface area (TPSA) is 74.7 Å². The molecule has 0 aliphatic rings. The van der Waals surface area contributed by atoms with Gasteiger partial charge >= 0.3 is 0 Å². The van der Waals surface area contributed by atoms with Gasteiger partial charge < -0.3 is 9.73 Å². The Morgan fingerprint density at radius 3 is 2.83 bits per heavy atom. The molecule has 0 aliphatic carbocycles. The second kappa shape index (κ2) is 4.88. The van der Waals surface area contributed by atoms with Crippen LogP contribution in [-0.2, 0) is 0 Å². The Morgan fingerprint density at radius 2 is 2.22 bits per heavy atom. The Hall–Kier alpha value is -2.35. The zero-order valence-corrected chi connectivity index (χ0v) is 10.6. The number of nitriles is 1. The smallest absolute Gasteiger partial charge is 0.167 e. The highest BCUT2D eigenvalue weighted by Gasteiger charge is 2.14. The third-order valence-electron chi connectivity index (χ3n) is 2.74. The Morgan fingerprint density at radius 1 is 1.44 bits per heavy atom. The van der Waals surface area contributed by atoms with Crippen molar-refractivity contribution in [2.75, 3.05) is 5.32 Å². The molecule has 5 heteroatoms. The van der Waals surface area contributed by atoms with Crippen LogP contribution in [-0.4, -0.2) is 10.2 Å². The zero-order chi connectivity index (χ0) is 13.1. The standard InChI is InChI=1S/C13H14N4O/c1-8-6-12(10(3)18-8)9(2)16-13-11(7-14)4-5-15-17-13/h4-6,9H,1-3H3,(H,16,17). The van der Waals surface area contributed by atoms with Crippen molar-refractivity contribution in [3.63, 3.8) is 0 Å². The monoisotopic (exact) mass is 242 g/mol. The average molecular weight is 242 g/mol. The van der Waals surface area contributed by atoms with E-state index in [1.807, 2.05) is 26.8 Å². The lowest BCUT2D eigenvalue weighted by Crippen LogP contribution is -2.10. The van der Waals surface area contributed by atoms with Crippen molar-refractivity contribution in [3.8, 4) is 6.07 Å². The zero-order valence-electron chi connectivity index (χ0n) is 10.6. The first-order valence-electron chi connectivity index (χ1n) is 5.67. The summed E-state index contributed by atoms with van der Waals surface area (Å²) in [5.74, 6) is 2.23. The molecule has 18 heavy (non-hydrogen) atoms. The summed E-state index contributed by atoms with van der Waals surface area (Å²) in [6.45, 7) is 5.82. The number of rotatable bonds is 3. The van der Waals surface area contributed by atoms with Gasteiger partial charge in [-0.25, -0.2) is 0 Å². The minimum Gasteiger partial charge on any atom is -0.466 e. The number of hydrogen-bond acceptors (Lipinski definition) is 5. The average Bonchev–Trinajstić information content (AvgIpc) is 2.69. The number of aryl methyl sites for hydroxylation is 2. The molecular weight excluding hydrogens is 228 g/mol. The van der Waals surface area contributed by atoms with Crippen LogP contribution in [0.15, 0.2) is 22.7 Å². The molecule has 0 radical (unpaired) electrons. The van der Waals surface area contributed by atoms with Gasteiger partial charge in [-0.1, -0.05) is 0 Å². The van der Waals surface area contributed by atoms with Crippen molar-refractivity contribution >= 4 is 5.82 Å². The van der Waals surface area contributed by atoms with Crippen LogP contribution in [0.25, 0.3) is 0 Å². The largest absolute Gasteiger partial charge is 0.466 e. The maximum absolute atomic E-state index is 8.98. The molecule has 2 aromatic heterocycles. The van der Waals surface area contributed by atoms with E-state index in [-0.39, 0.29) is 6.04 Å². The molecule has 5 nitrogen and oxygen atoms in total. The van der Waals surface area contributed by atoms with E-state index in [1.165, 1.54) is 6.20 Å². The minimum atomic E-state index is 0.00579. The van der Waals surface area contributed by atoms with Crippen LogP contribution < -0.4 is 5.32 Å². The summed E-state index contributed by atoms with van der Waals surface area (Å²) >= 11 is 0. The summed E-state index contributed by atoms with van der Waals surface area (Å²) in [6, 6.07) is 5.71. The summed E-state index contributed by atoms with van der Waals surface area (Å²) in [5, 5.41) is 19.9. The predicted octanol–water partition coefficient (Wildman–Crippen LogP) is 2.73. The van der Waals surface area contributed by atoms with E-state index in [2.05, 4.69) is 21.6 Å². The van der Waals surface area contributed by atoms with Gasteiger partial charge in [-0.3, -0.25) is 0 Å². The summed E-state index contributed by atoms with van der Waals surface area (Å²) < 4.78 is 5.49.